The molecule has 0 aromatic carbocycles. The van der Waals surface area contributed by atoms with Gasteiger partial charge in [-0.05, 0) is 6.92 Å². The van der Waals surface area contributed by atoms with Crippen LogP contribution < -0.4 is 0 Å². The molecule has 4 heteroatoms. The predicted molar refractivity (Wildman–Crippen MR) is 39.9 cm³/mol. The summed E-state index contributed by atoms with van der Waals surface area (Å²) in [7, 11) is 0. The summed E-state index contributed by atoms with van der Waals surface area (Å²) in [5.41, 5.74) is 0. The Hall–Kier alpha value is -1.06. The Morgan fingerprint density at radius 3 is 3.08 bits per heavy atom. The predicted octanol–water partition coefficient (Wildman–Crippen LogP) is 1.54. The molecule has 1 heterocycles. The Labute approximate surface area is 70.2 Å². The van der Waals surface area contributed by atoms with Gasteiger partial charge in [0.1, 0.15) is 24.3 Å². The second-order valence-corrected chi connectivity index (χ2v) is 2.76. The van der Waals surface area contributed by atoms with Gasteiger partial charge in [0.25, 0.3) is 0 Å². The number of rotatable bonds is 1. The molecule has 0 saturated heterocycles. The summed E-state index contributed by atoms with van der Waals surface area (Å²) in [4.78, 5) is 10.5. The first-order chi connectivity index (χ1) is 5.59. The fourth-order valence-corrected chi connectivity index (χ4v) is 1.03. The summed E-state index contributed by atoms with van der Waals surface area (Å²) in [5.74, 6) is -0.801. The molecular weight excluding hydrogens is 163 g/mol. The maximum absolute atomic E-state index is 12.6. The maximum Gasteiger partial charge on any atom is 0.303 e. The Bertz CT molecular complexity index is 212. The molecule has 0 bridgehead atoms. The number of carbonyl (C=O) groups is 1. The van der Waals surface area contributed by atoms with Gasteiger partial charge < -0.3 is 9.47 Å². The first-order valence-electron chi connectivity index (χ1n) is 3.77. The largest absolute Gasteiger partial charge is 0.492 e. The van der Waals surface area contributed by atoms with Crippen LogP contribution in [0.5, 0.6) is 0 Å². The first-order valence-corrected chi connectivity index (χ1v) is 3.77. The quantitative estimate of drug-likeness (QED) is 0.565. The highest BCUT2D eigenvalue weighted by atomic mass is 19.1. The van der Waals surface area contributed by atoms with E-state index in [4.69, 9.17) is 9.47 Å². The van der Waals surface area contributed by atoms with E-state index in [0.29, 0.717) is 0 Å². The summed E-state index contributed by atoms with van der Waals surface area (Å²) in [6.45, 7) is 3.03. The molecule has 0 unspecified atom stereocenters. The van der Waals surface area contributed by atoms with Gasteiger partial charge in [-0.3, -0.25) is 4.79 Å². The molecule has 3 nitrogen and oxygen atoms in total. The molecular formula is C8H11FO3. The Morgan fingerprint density at radius 1 is 1.83 bits per heavy atom. The van der Waals surface area contributed by atoms with Crippen LogP contribution in [0.4, 0.5) is 4.39 Å². The molecule has 0 fully saturated rings. The third-order valence-electron chi connectivity index (χ3n) is 1.65. The molecule has 0 spiro atoms. The first kappa shape index (κ1) is 9.03. The average molecular weight is 174 g/mol. The van der Waals surface area contributed by atoms with Gasteiger partial charge >= 0.3 is 5.97 Å². The van der Waals surface area contributed by atoms with E-state index in [2.05, 4.69) is 0 Å². The minimum Gasteiger partial charge on any atom is -0.492 e. The molecule has 0 saturated carbocycles. The number of esters is 1. The van der Waals surface area contributed by atoms with E-state index < -0.39 is 12.1 Å². The van der Waals surface area contributed by atoms with Gasteiger partial charge in [-0.2, -0.15) is 0 Å². The Morgan fingerprint density at radius 2 is 2.50 bits per heavy atom. The summed E-state index contributed by atoms with van der Waals surface area (Å²) in [6, 6.07) is 0. The van der Waals surface area contributed by atoms with E-state index in [-0.39, 0.29) is 18.4 Å². The van der Waals surface area contributed by atoms with E-state index >= 15 is 0 Å². The third-order valence-corrected chi connectivity index (χ3v) is 1.65. The Balaban J connectivity index is 2.53. The molecule has 1 aliphatic heterocycles. The summed E-state index contributed by atoms with van der Waals surface area (Å²) in [5, 5.41) is 0. The van der Waals surface area contributed by atoms with Gasteiger partial charge in [0, 0.05) is 13.3 Å². The van der Waals surface area contributed by atoms with Crippen LogP contribution in [0, 0.1) is 0 Å². The zero-order valence-electron chi connectivity index (χ0n) is 7.04. The number of halogens is 1. The van der Waals surface area contributed by atoms with Crippen LogP contribution in [0.3, 0.4) is 0 Å². The fraction of sp³-hybridized carbons (Fsp3) is 0.625. The van der Waals surface area contributed by atoms with Crippen LogP contribution >= 0.6 is 0 Å². The standard InChI is InChI=1S/C8H11FO3/c1-5-8(12-6(2)10)3-7(9)4-11-5/h4-5,8H,3H2,1-2H3/t5-,8-/m0/s1. The number of hydrogen-bond donors (Lipinski definition) is 0. The average Bonchev–Trinajstić information content (AvgIpc) is 1.96. The highest BCUT2D eigenvalue weighted by Crippen LogP contribution is 2.21. The van der Waals surface area contributed by atoms with Crippen molar-refractivity contribution in [3.05, 3.63) is 12.1 Å². The zero-order chi connectivity index (χ0) is 9.14. The molecule has 68 valence electrons. The summed E-state index contributed by atoms with van der Waals surface area (Å²) in [6.07, 6.45) is 0.409. The van der Waals surface area contributed by atoms with Gasteiger partial charge in [-0.25, -0.2) is 4.39 Å². The van der Waals surface area contributed by atoms with Crippen LogP contribution in [-0.2, 0) is 14.3 Å². The highest BCUT2D eigenvalue weighted by Gasteiger charge is 2.26. The Kier molecular flexibility index (Phi) is 2.68. The van der Waals surface area contributed by atoms with Gasteiger partial charge in [-0.15, -0.1) is 0 Å². The SMILES string of the molecule is CC(=O)O[C@H]1CC(F)=CO[C@H]1C. The second-order valence-electron chi connectivity index (χ2n) is 2.76. The van der Waals surface area contributed by atoms with Crippen molar-refractivity contribution < 1.29 is 18.7 Å². The molecule has 0 aliphatic carbocycles. The molecule has 0 aromatic rings. The van der Waals surface area contributed by atoms with Gasteiger partial charge in [-0.1, -0.05) is 0 Å². The van der Waals surface area contributed by atoms with Crippen molar-refractivity contribution in [2.24, 2.45) is 0 Å². The molecule has 0 aromatic heterocycles. The smallest absolute Gasteiger partial charge is 0.303 e. The van der Waals surface area contributed by atoms with Crippen LogP contribution in [-0.4, -0.2) is 18.2 Å². The van der Waals surface area contributed by atoms with Gasteiger partial charge in [0.2, 0.25) is 0 Å². The molecule has 12 heavy (non-hydrogen) atoms. The fourth-order valence-electron chi connectivity index (χ4n) is 1.03. The topological polar surface area (TPSA) is 35.5 Å². The number of ether oxygens (including phenoxy) is 2. The minimum atomic E-state index is -0.493. The van der Waals surface area contributed by atoms with E-state index in [1.807, 2.05) is 0 Å². The zero-order valence-corrected chi connectivity index (χ0v) is 7.04. The summed E-state index contributed by atoms with van der Waals surface area (Å²) >= 11 is 0. The van der Waals surface area contributed by atoms with Crippen molar-refractivity contribution in [3.8, 4) is 0 Å². The van der Waals surface area contributed by atoms with Crippen molar-refractivity contribution >= 4 is 5.97 Å². The number of carbonyl (C=O) groups excluding carboxylic acids is 1. The molecule has 1 aliphatic rings. The van der Waals surface area contributed by atoms with Gasteiger partial charge in [0.05, 0.1) is 0 Å². The monoisotopic (exact) mass is 174 g/mol. The van der Waals surface area contributed by atoms with Crippen LogP contribution in [0.2, 0.25) is 0 Å². The molecule has 0 radical (unpaired) electrons. The molecule has 2 atom stereocenters. The lowest BCUT2D eigenvalue weighted by atomic mass is 10.1. The lowest BCUT2D eigenvalue weighted by Gasteiger charge is -2.25. The minimum absolute atomic E-state index is 0.112. The van der Waals surface area contributed by atoms with Crippen molar-refractivity contribution in [1.82, 2.24) is 0 Å². The van der Waals surface area contributed by atoms with E-state index in [9.17, 15) is 9.18 Å². The van der Waals surface area contributed by atoms with E-state index in [1.165, 1.54) is 6.92 Å². The van der Waals surface area contributed by atoms with Crippen molar-refractivity contribution in [2.75, 3.05) is 0 Å². The van der Waals surface area contributed by atoms with Crippen LogP contribution in [0.1, 0.15) is 20.3 Å². The van der Waals surface area contributed by atoms with Gasteiger partial charge in [0.15, 0.2) is 0 Å². The maximum atomic E-state index is 12.6. The second kappa shape index (κ2) is 3.56. The summed E-state index contributed by atoms with van der Waals surface area (Å²) < 4.78 is 22.3. The number of hydrogen-bond acceptors (Lipinski definition) is 3. The molecule has 0 N–H and O–H groups in total. The lowest BCUT2D eigenvalue weighted by molar-refractivity contribution is -0.153. The van der Waals surface area contributed by atoms with E-state index in [1.54, 1.807) is 6.92 Å². The lowest BCUT2D eigenvalue weighted by Crippen LogP contribution is -2.32. The van der Waals surface area contributed by atoms with E-state index in [0.717, 1.165) is 6.26 Å². The normalized spacial score (nSPS) is 28.8. The molecule has 0 amide bonds. The van der Waals surface area contributed by atoms with Crippen LogP contribution in [0.25, 0.3) is 0 Å². The van der Waals surface area contributed by atoms with Crippen molar-refractivity contribution in [1.29, 1.82) is 0 Å². The highest BCUT2D eigenvalue weighted by molar-refractivity contribution is 5.66. The molecule has 1 rings (SSSR count). The third kappa shape index (κ3) is 2.22. The van der Waals surface area contributed by atoms with Crippen molar-refractivity contribution in [2.45, 2.75) is 32.5 Å². The van der Waals surface area contributed by atoms with Crippen LogP contribution in [0.15, 0.2) is 12.1 Å². The van der Waals surface area contributed by atoms with Crippen molar-refractivity contribution in [3.63, 3.8) is 0 Å².